The zero-order valence-electron chi connectivity index (χ0n) is 24.4. The average molecular weight is 578 g/mol. The lowest BCUT2D eigenvalue weighted by molar-refractivity contribution is -0.111. The molecule has 9 nitrogen and oxygen atoms in total. The Hall–Kier alpha value is -4.38. The summed E-state index contributed by atoms with van der Waals surface area (Å²) in [4.78, 5) is 21.0. The average Bonchev–Trinajstić information content (AvgIpc) is 3.28. The van der Waals surface area contributed by atoms with Gasteiger partial charge in [0, 0.05) is 73.2 Å². The number of aromatic nitrogens is 1. The molecule has 2 aromatic carbocycles. The number of fused-ring (bicyclic) bond motifs is 3. The van der Waals surface area contributed by atoms with Crippen LogP contribution in [0.25, 0.3) is 16.6 Å². The summed E-state index contributed by atoms with van der Waals surface area (Å²) in [7, 11) is 7.53. The van der Waals surface area contributed by atoms with Gasteiger partial charge < -0.3 is 35.1 Å². The normalized spacial score (nSPS) is 17.3. The molecule has 2 aliphatic heterocycles. The van der Waals surface area contributed by atoms with Crippen LogP contribution >= 0.6 is 0 Å². The number of amides is 1. The molecule has 0 saturated carbocycles. The molecule has 1 atom stereocenters. The Morgan fingerprint density at radius 3 is 2.76 bits per heavy atom. The van der Waals surface area contributed by atoms with E-state index >= 15 is 0 Å². The van der Waals surface area contributed by atoms with Crippen LogP contribution in [0.1, 0.15) is 17.7 Å². The Bertz CT molecular complexity index is 1560. The second-order valence-electron chi connectivity index (χ2n) is 10.8. The molecule has 3 aromatic rings. The Labute approximate surface area is 244 Å². The van der Waals surface area contributed by atoms with Gasteiger partial charge in [0.1, 0.15) is 5.75 Å². The largest absolute Gasteiger partial charge is 0.495 e. The van der Waals surface area contributed by atoms with E-state index < -0.39 is 12.2 Å². The quantitative estimate of drug-likeness (QED) is 0.301. The summed E-state index contributed by atoms with van der Waals surface area (Å²) >= 11 is 0. The van der Waals surface area contributed by atoms with Crippen molar-refractivity contribution in [2.45, 2.75) is 31.6 Å². The van der Waals surface area contributed by atoms with E-state index in [2.05, 4.69) is 32.4 Å². The number of aryl methyl sites for hydroxylation is 1. The molecule has 42 heavy (non-hydrogen) atoms. The molecule has 1 amide bonds. The van der Waals surface area contributed by atoms with Crippen LogP contribution in [0.4, 0.5) is 25.8 Å². The number of para-hydroxylation sites is 1. The summed E-state index contributed by atoms with van der Waals surface area (Å²) in [6, 6.07) is 11.4. The van der Waals surface area contributed by atoms with Gasteiger partial charge in [-0.15, -0.1) is 0 Å². The molecule has 2 aliphatic rings. The molecule has 1 unspecified atom stereocenters. The third kappa shape index (κ3) is 5.96. The number of alkyl halides is 2. The number of ether oxygens (including phenoxy) is 1. The van der Waals surface area contributed by atoms with Crippen molar-refractivity contribution in [2.75, 3.05) is 56.9 Å². The van der Waals surface area contributed by atoms with Crippen molar-refractivity contribution in [3.8, 4) is 5.75 Å². The molecule has 0 bridgehead atoms. The fourth-order valence-electron chi connectivity index (χ4n) is 5.44. The van der Waals surface area contributed by atoms with Gasteiger partial charge in [0.05, 0.1) is 30.6 Å². The lowest BCUT2D eigenvalue weighted by Crippen LogP contribution is -2.36. The minimum Gasteiger partial charge on any atom is -0.495 e. The highest BCUT2D eigenvalue weighted by molar-refractivity contribution is 6.02. The van der Waals surface area contributed by atoms with E-state index in [1.54, 1.807) is 19.4 Å². The first-order valence-corrected chi connectivity index (χ1v) is 13.9. The predicted octanol–water partition coefficient (Wildman–Crippen LogP) is 4.76. The van der Waals surface area contributed by atoms with Crippen LogP contribution < -0.4 is 25.6 Å². The summed E-state index contributed by atoms with van der Waals surface area (Å²) in [5.74, 6) is -2.55. The van der Waals surface area contributed by atoms with Gasteiger partial charge >= 0.3 is 0 Å². The van der Waals surface area contributed by atoms with E-state index in [4.69, 9.17) is 4.74 Å². The molecular weight excluding hydrogens is 540 g/mol. The van der Waals surface area contributed by atoms with Crippen molar-refractivity contribution in [1.29, 1.82) is 0 Å². The van der Waals surface area contributed by atoms with Gasteiger partial charge in [-0.05, 0) is 38.4 Å². The maximum Gasteiger partial charge on any atom is 0.255 e. The minimum atomic E-state index is -2.76. The molecule has 1 aromatic heterocycles. The number of likely N-dealkylation sites (N-methyl/N-ethyl adjacent to an activating group) is 2. The van der Waals surface area contributed by atoms with Gasteiger partial charge in [-0.1, -0.05) is 24.8 Å². The van der Waals surface area contributed by atoms with Crippen LogP contribution in [0, 0.1) is 0 Å². The first-order chi connectivity index (χ1) is 20.1. The van der Waals surface area contributed by atoms with Gasteiger partial charge in [-0.2, -0.15) is 0 Å². The van der Waals surface area contributed by atoms with E-state index in [9.17, 15) is 13.6 Å². The Kier molecular flexibility index (Phi) is 8.22. The lowest BCUT2D eigenvalue weighted by atomic mass is 9.99. The molecule has 222 valence electrons. The van der Waals surface area contributed by atoms with Gasteiger partial charge in [-0.25, -0.2) is 13.8 Å². The first kappa shape index (κ1) is 29.1. The molecule has 11 heteroatoms. The van der Waals surface area contributed by atoms with Crippen LogP contribution in [0.15, 0.2) is 60.1 Å². The fourth-order valence-corrected chi connectivity index (χ4v) is 5.44. The number of halogens is 2. The van der Waals surface area contributed by atoms with Crippen molar-refractivity contribution < 1.29 is 18.3 Å². The molecular formula is C31H37F2N7O2. The molecule has 0 saturated heterocycles. The third-order valence-electron chi connectivity index (χ3n) is 7.59. The van der Waals surface area contributed by atoms with Gasteiger partial charge in [0.15, 0.2) is 6.29 Å². The van der Waals surface area contributed by atoms with Crippen molar-refractivity contribution in [2.24, 2.45) is 4.99 Å². The lowest BCUT2D eigenvalue weighted by Gasteiger charge is -2.29. The maximum absolute atomic E-state index is 14.6. The summed E-state index contributed by atoms with van der Waals surface area (Å²) < 4.78 is 36.9. The van der Waals surface area contributed by atoms with Crippen LogP contribution in [0.5, 0.6) is 5.75 Å². The molecule has 5 rings (SSSR count). The Morgan fingerprint density at radius 1 is 1.24 bits per heavy atom. The van der Waals surface area contributed by atoms with Crippen LogP contribution in [0.2, 0.25) is 0 Å². The Morgan fingerprint density at radius 2 is 2.02 bits per heavy atom. The molecule has 0 radical (unpaired) electrons. The summed E-state index contributed by atoms with van der Waals surface area (Å²) in [5.41, 5.74) is 4.95. The number of anilines is 3. The zero-order chi connectivity index (χ0) is 30.0. The molecule has 0 fully saturated rings. The van der Waals surface area contributed by atoms with E-state index in [1.807, 2.05) is 67.0 Å². The van der Waals surface area contributed by atoms with Crippen LogP contribution in [-0.2, 0) is 17.8 Å². The van der Waals surface area contributed by atoms with E-state index in [1.165, 1.54) is 6.08 Å². The number of aliphatic imine (C=N–C) groups is 1. The predicted molar refractivity (Wildman–Crippen MR) is 166 cm³/mol. The number of hydrogen-bond acceptors (Lipinski definition) is 7. The molecule has 3 heterocycles. The van der Waals surface area contributed by atoms with Crippen LogP contribution in [-0.4, -0.2) is 75.1 Å². The van der Waals surface area contributed by atoms with Gasteiger partial charge in [-0.3, -0.25) is 4.79 Å². The second kappa shape index (κ2) is 11.8. The van der Waals surface area contributed by atoms with Gasteiger partial charge in [0.2, 0.25) is 5.91 Å². The van der Waals surface area contributed by atoms with Crippen LogP contribution in [0.3, 0.4) is 0 Å². The third-order valence-corrected chi connectivity index (χ3v) is 7.59. The highest BCUT2D eigenvalue weighted by atomic mass is 19.3. The topological polar surface area (TPSA) is 86.2 Å². The first-order valence-electron chi connectivity index (χ1n) is 13.9. The number of nitrogens with zero attached hydrogens (tertiary/aromatic N) is 4. The number of carbonyl (C=O) groups excluding carboxylic acids is 1. The smallest absolute Gasteiger partial charge is 0.255 e. The summed E-state index contributed by atoms with van der Waals surface area (Å²) in [6.45, 7) is 5.37. The molecule has 0 aliphatic carbocycles. The number of nitrogens with one attached hydrogen (secondary N) is 3. The highest BCUT2D eigenvalue weighted by Crippen LogP contribution is 2.40. The molecule has 3 N–H and O–H groups in total. The van der Waals surface area contributed by atoms with E-state index in [0.717, 1.165) is 35.2 Å². The molecule has 0 spiro atoms. The summed E-state index contributed by atoms with van der Waals surface area (Å²) in [5, 5.41) is 10.5. The SMILES string of the molecule is C=CC(=O)Nc1cc(NC2N=CC=C(c3c4n(c5ccccc35)CCC(F)(F)C4)N2)c(OC)cc1N(C)CCN(C)C. The van der Waals surface area contributed by atoms with Crippen molar-refractivity contribution >= 4 is 45.8 Å². The number of hydrogen-bond donors (Lipinski definition) is 3. The number of rotatable bonds is 10. The number of benzene rings is 2. The zero-order valence-corrected chi connectivity index (χ0v) is 24.4. The second-order valence-corrected chi connectivity index (χ2v) is 10.8. The monoisotopic (exact) mass is 577 g/mol. The van der Waals surface area contributed by atoms with Crippen molar-refractivity contribution in [3.05, 3.63) is 66.4 Å². The summed E-state index contributed by atoms with van der Waals surface area (Å²) in [6.07, 6.45) is 3.56. The van der Waals surface area contributed by atoms with Crippen molar-refractivity contribution in [3.63, 3.8) is 0 Å². The highest BCUT2D eigenvalue weighted by Gasteiger charge is 2.38. The fraction of sp³-hybridized carbons (Fsp3) is 0.355. The standard InChI is InChI=1S/C31H37F2N7O2/c1-6-28(41)35-22-17-23(27(42-5)18-25(22)39(4)16-15-38(2)3)37-30-34-13-11-21(36-30)29-20-9-7-8-10-24(20)40-14-12-31(32,33)19-26(29)40/h6-11,13,17-18,30,36-37H,1,12,14-16,19H2,2-5H3,(H,35,41). The number of carbonyl (C=O) groups is 1. The number of methoxy groups -OCH3 is 1. The minimum absolute atomic E-state index is 0.179. The van der Waals surface area contributed by atoms with Gasteiger partial charge in [0.25, 0.3) is 5.92 Å². The Balaban J connectivity index is 1.46. The van der Waals surface area contributed by atoms with E-state index in [-0.39, 0.29) is 25.3 Å². The number of allylic oxidation sites excluding steroid dienone is 1. The van der Waals surface area contributed by atoms with Crippen molar-refractivity contribution in [1.82, 2.24) is 14.8 Å². The van der Waals surface area contributed by atoms with E-state index in [0.29, 0.717) is 28.5 Å². The maximum atomic E-state index is 14.6.